The van der Waals surface area contributed by atoms with E-state index in [0.717, 1.165) is 25.8 Å². The van der Waals surface area contributed by atoms with Crippen molar-refractivity contribution >= 4 is 5.91 Å². The molecule has 106 valence electrons. The molecule has 1 heterocycles. The van der Waals surface area contributed by atoms with Crippen molar-refractivity contribution in [1.82, 2.24) is 9.47 Å². The molecule has 0 fully saturated rings. The van der Waals surface area contributed by atoms with Gasteiger partial charge in [-0.1, -0.05) is 6.42 Å². The van der Waals surface area contributed by atoms with Crippen molar-refractivity contribution in [2.24, 2.45) is 5.73 Å². The Hall–Kier alpha value is -1.29. The summed E-state index contributed by atoms with van der Waals surface area (Å²) in [7, 11) is 3.61. The fraction of sp³-hybridized carbons (Fsp3) is 0.667. The Morgan fingerprint density at radius 1 is 1.42 bits per heavy atom. The van der Waals surface area contributed by atoms with Crippen molar-refractivity contribution in [2.45, 2.75) is 51.1 Å². The first-order valence-corrected chi connectivity index (χ1v) is 7.22. The van der Waals surface area contributed by atoms with Gasteiger partial charge in [0.05, 0.1) is 0 Å². The van der Waals surface area contributed by atoms with Gasteiger partial charge in [-0.15, -0.1) is 0 Å². The number of nitrogens with zero attached hydrogens (tertiary/aromatic N) is 2. The van der Waals surface area contributed by atoms with Crippen LogP contribution in [0.3, 0.4) is 0 Å². The highest BCUT2D eigenvalue weighted by Gasteiger charge is 2.17. The zero-order valence-corrected chi connectivity index (χ0v) is 12.1. The van der Waals surface area contributed by atoms with E-state index in [0.29, 0.717) is 6.42 Å². The lowest BCUT2D eigenvalue weighted by Gasteiger charge is -2.10. The van der Waals surface area contributed by atoms with Gasteiger partial charge in [0.2, 0.25) is 5.91 Å². The van der Waals surface area contributed by atoms with Gasteiger partial charge in [0.25, 0.3) is 0 Å². The minimum Gasteiger partial charge on any atom is -0.354 e. The molecular weight excluding hydrogens is 238 g/mol. The SMILES string of the molecule is CN(C)C(=O)CCCn1cc2c(c1)C(N)CCCC2. The average molecular weight is 263 g/mol. The van der Waals surface area contributed by atoms with Crippen LogP contribution in [0.25, 0.3) is 0 Å². The molecule has 1 unspecified atom stereocenters. The van der Waals surface area contributed by atoms with Gasteiger partial charge in [-0.05, 0) is 36.8 Å². The van der Waals surface area contributed by atoms with Gasteiger partial charge in [0.1, 0.15) is 0 Å². The standard InChI is InChI=1S/C15H25N3O/c1-17(2)15(19)8-5-9-18-10-12-6-3-4-7-14(16)13(12)11-18/h10-11,14H,3-9,16H2,1-2H3. The highest BCUT2D eigenvalue weighted by molar-refractivity contribution is 5.75. The van der Waals surface area contributed by atoms with E-state index in [1.165, 1.54) is 24.0 Å². The third-order valence-electron chi connectivity index (χ3n) is 3.91. The van der Waals surface area contributed by atoms with Gasteiger partial charge in [-0.2, -0.15) is 0 Å². The quantitative estimate of drug-likeness (QED) is 0.846. The molecule has 0 saturated heterocycles. The normalized spacial score (nSPS) is 18.8. The number of aromatic nitrogens is 1. The van der Waals surface area contributed by atoms with Crippen molar-refractivity contribution in [2.75, 3.05) is 14.1 Å². The first-order chi connectivity index (χ1) is 9.08. The number of rotatable bonds is 4. The summed E-state index contributed by atoms with van der Waals surface area (Å²) >= 11 is 0. The van der Waals surface area contributed by atoms with E-state index in [-0.39, 0.29) is 11.9 Å². The number of nitrogens with two attached hydrogens (primary N) is 1. The summed E-state index contributed by atoms with van der Waals surface area (Å²) in [6.07, 6.45) is 10.6. The van der Waals surface area contributed by atoms with Gasteiger partial charge in [-0.25, -0.2) is 0 Å². The lowest BCUT2D eigenvalue weighted by atomic mass is 10.1. The van der Waals surface area contributed by atoms with Crippen LogP contribution < -0.4 is 5.73 Å². The zero-order chi connectivity index (χ0) is 13.8. The molecule has 0 radical (unpaired) electrons. The van der Waals surface area contributed by atoms with E-state index in [4.69, 9.17) is 5.73 Å². The van der Waals surface area contributed by atoms with Crippen molar-refractivity contribution in [3.8, 4) is 0 Å². The van der Waals surface area contributed by atoms with Crippen molar-refractivity contribution in [3.05, 3.63) is 23.5 Å². The molecule has 0 spiro atoms. The van der Waals surface area contributed by atoms with Gasteiger partial charge in [-0.3, -0.25) is 4.79 Å². The summed E-state index contributed by atoms with van der Waals surface area (Å²) in [6, 6.07) is 0.196. The lowest BCUT2D eigenvalue weighted by Crippen LogP contribution is -2.21. The fourth-order valence-corrected chi connectivity index (χ4v) is 2.72. The van der Waals surface area contributed by atoms with Gasteiger partial charge < -0.3 is 15.2 Å². The van der Waals surface area contributed by atoms with Crippen molar-refractivity contribution in [3.63, 3.8) is 0 Å². The van der Waals surface area contributed by atoms with E-state index in [2.05, 4.69) is 17.0 Å². The molecule has 1 aliphatic carbocycles. The molecule has 0 saturated carbocycles. The Balaban J connectivity index is 1.92. The van der Waals surface area contributed by atoms with Crippen LogP contribution in [0.4, 0.5) is 0 Å². The van der Waals surface area contributed by atoms with Gasteiger partial charge >= 0.3 is 0 Å². The molecular formula is C15H25N3O. The van der Waals surface area contributed by atoms with E-state index >= 15 is 0 Å². The predicted octanol–water partition coefficient (Wildman–Crippen LogP) is 2.08. The monoisotopic (exact) mass is 263 g/mol. The Morgan fingerprint density at radius 3 is 2.95 bits per heavy atom. The minimum atomic E-state index is 0.196. The molecule has 4 nitrogen and oxygen atoms in total. The van der Waals surface area contributed by atoms with Crippen LogP contribution in [0, 0.1) is 0 Å². The first kappa shape index (κ1) is 14.1. The molecule has 1 aromatic heterocycles. The number of amides is 1. The molecule has 0 aliphatic heterocycles. The Labute approximate surface area is 115 Å². The van der Waals surface area contributed by atoms with Crippen LogP contribution in [-0.2, 0) is 17.8 Å². The van der Waals surface area contributed by atoms with Crippen molar-refractivity contribution < 1.29 is 4.79 Å². The van der Waals surface area contributed by atoms with Crippen LogP contribution in [0.15, 0.2) is 12.4 Å². The maximum absolute atomic E-state index is 11.5. The van der Waals surface area contributed by atoms with Crippen LogP contribution in [0.2, 0.25) is 0 Å². The Morgan fingerprint density at radius 2 is 2.21 bits per heavy atom. The zero-order valence-electron chi connectivity index (χ0n) is 12.1. The molecule has 1 amide bonds. The summed E-state index contributed by atoms with van der Waals surface area (Å²) in [4.78, 5) is 13.2. The smallest absolute Gasteiger partial charge is 0.222 e. The number of carbonyl (C=O) groups is 1. The number of aryl methyl sites for hydroxylation is 2. The summed E-state index contributed by atoms with van der Waals surface area (Å²) in [5.74, 6) is 0.199. The second-order valence-electron chi connectivity index (χ2n) is 5.72. The van der Waals surface area contributed by atoms with Crippen LogP contribution in [-0.4, -0.2) is 29.5 Å². The largest absolute Gasteiger partial charge is 0.354 e. The molecule has 1 aliphatic rings. The molecule has 0 aromatic carbocycles. The molecule has 1 aromatic rings. The van der Waals surface area contributed by atoms with Crippen molar-refractivity contribution in [1.29, 1.82) is 0 Å². The Kier molecular flexibility index (Phi) is 4.64. The third-order valence-corrected chi connectivity index (χ3v) is 3.91. The summed E-state index contributed by atoms with van der Waals surface area (Å²) in [6.45, 7) is 0.902. The minimum absolute atomic E-state index is 0.196. The van der Waals surface area contributed by atoms with Gasteiger partial charge in [0.15, 0.2) is 0 Å². The Bertz CT molecular complexity index is 437. The second kappa shape index (κ2) is 6.24. The number of fused-ring (bicyclic) bond motifs is 1. The number of hydrogen-bond acceptors (Lipinski definition) is 2. The number of carbonyl (C=O) groups excluding carboxylic acids is 1. The first-order valence-electron chi connectivity index (χ1n) is 7.22. The summed E-state index contributed by atoms with van der Waals surface area (Å²) in [5, 5.41) is 0. The number of hydrogen-bond donors (Lipinski definition) is 1. The third kappa shape index (κ3) is 3.60. The van der Waals surface area contributed by atoms with Gasteiger partial charge in [0, 0.05) is 45.5 Å². The summed E-state index contributed by atoms with van der Waals surface area (Å²) < 4.78 is 2.21. The lowest BCUT2D eigenvalue weighted by molar-refractivity contribution is -0.128. The van der Waals surface area contributed by atoms with E-state index in [1.54, 1.807) is 19.0 Å². The molecule has 2 rings (SSSR count). The van der Waals surface area contributed by atoms with Crippen LogP contribution >= 0.6 is 0 Å². The van der Waals surface area contributed by atoms with Crippen LogP contribution in [0.5, 0.6) is 0 Å². The predicted molar refractivity (Wildman–Crippen MR) is 76.8 cm³/mol. The van der Waals surface area contributed by atoms with Crippen LogP contribution in [0.1, 0.15) is 49.3 Å². The van der Waals surface area contributed by atoms with E-state index in [9.17, 15) is 4.79 Å². The fourth-order valence-electron chi connectivity index (χ4n) is 2.72. The highest BCUT2D eigenvalue weighted by atomic mass is 16.2. The average Bonchev–Trinajstić information content (AvgIpc) is 2.70. The van der Waals surface area contributed by atoms with E-state index < -0.39 is 0 Å². The highest BCUT2D eigenvalue weighted by Crippen LogP contribution is 2.27. The van der Waals surface area contributed by atoms with E-state index in [1.807, 2.05) is 0 Å². The second-order valence-corrected chi connectivity index (χ2v) is 5.72. The molecule has 2 N–H and O–H groups in total. The maximum Gasteiger partial charge on any atom is 0.222 e. The maximum atomic E-state index is 11.5. The topological polar surface area (TPSA) is 51.3 Å². The molecule has 1 atom stereocenters. The molecule has 4 heteroatoms. The molecule has 19 heavy (non-hydrogen) atoms. The molecule has 0 bridgehead atoms. The summed E-state index contributed by atoms with van der Waals surface area (Å²) in [5.41, 5.74) is 8.92.